The van der Waals surface area contributed by atoms with E-state index in [1.807, 2.05) is 55.5 Å². The molecule has 1 N–H and O–H groups in total. The fourth-order valence-corrected chi connectivity index (χ4v) is 3.06. The van der Waals surface area contributed by atoms with Crippen LogP contribution in [-0.2, 0) is 0 Å². The zero-order chi connectivity index (χ0) is 17.2. The van der Waals surface area contributed by atoms with Gasteiger partial charge in [0.15, 0.2) is 0 Å². The molecule has 3 aromatic carbocycles. The Hall–Kier alpha value is -3.40. The SMILES string of the molecule is Cc1cc(-c2ccccc2-c2ccccc2)c(O)c(-n2ccnn2)c1. The van der Waals surface area contributed by atoms with Crippen LogP contribution in [0, 0.1) is 6.92 Å². The van der Waals surface area contributed by atoms with Gasteiger partial charge in [-0.05, 0) is 41.3 Å². The lowest BCUT2D eigenvalue weighted by molar-refractivity contribution is 0.471. The van der Waals surface area contributed by atoms with E-state index in [4.69, 9.17) is 0 Å². The van der Waals surface area contributed by atoms with Crippen LogP contribution in [0.25, 0.3) is 27.9 Å². The van der Waals surface area contributed by atoms with Crippen molar-refractivity contribution in [3.8, 4) is 33.7 Å². The van der Waals surface area contributed by atoms with E-state index < -0.39 is 0 Å². The van der Waals surface area contributed by atoms with Gasteiger partial charge in [-0.25, -0.2) is 4.68 Å². The van der Waals surface area contributed by atoms with Crippen molar-refractivity contribution in [2.24, 2.45) is 0 Å². The number of rotatable bonds is 3. The second-order valence-electron chi connectivity index (χ2n) is 5.94. The van der Waals surface area contributed by atoms with Gasteiger partial charge in [-0.3, -0.25) is 0 Å². The van der Waals surface area contributed by atoms with E-state index in [-0.39, 0.29) is 5.75 Å². The third-order valence-electron chi connectivity index (χ3n) is 4.21. The normalized spacial score (nSPS) is 10.8. The molecule has 0 unspecified atom stereocenters. The summed E-state index contributed by atoms with van der Waals surface area (Å²) >= 11 is 0. The van der Waals surface area contributed by atoms with Crippen molar-refractivity contribution in [2.75, 3.05) is 0 Å². The lowest BCUT2D eigenvalue weighted by atomic mass is 9.93. The maximum Gasteiger partial charge on any atom is 0.149 e. The Bertz CT molecular complexity index is 1010. The number of aromatic hydroxyl groups is 1. The van der Waals surface area contributed by atoms with Crippen LogP contribution in [0.3, 0.4) is 0 Å². The summed E-state index contributed by atoms with van der Waals surface area (Å²) in [6.07, 6.45) is 3.32. The minimum atomic E-state index is 0.194. The molecule has 4 heteroatoms. The summed E-state index contributed by atoms with van der Waals surface area (Å²) in [5, 5.41) is 18.8. The molecule has 0 aliphatic carbocycles. The monoisotopic (exact) mass is 327 g/mol. The average molecular weight is 327 g/mol. The number of aromatic nitrogens is 3. The molecule has 0 aliphatic rings. The number of phenols is 1. The standard InChI is InChI=1S/C21H17N3O/c1-15-13-19(21(25)20(14-15)24-12-11-22-23-24)18-10-6-5-9-17(18)16-7-3-2-4-8-16/h2-14,25H,1H3. The zero-order valence-corrected chi connectivity index (χ0v) is 13.8. The van der Waals surface area contributed by atoms with Crippen LogP contribution in [0.2, 0.25) is 0 Å². The summed E-state index contributed by atoms with van der Waals surface area (Å²) in [4.78, 5) is 0. The van der Waals surface area contributed by atoms with E-state index in [1.54, 1.807) is 17.1 Å². The van der Waals surface area contributed by atoms with Gasteiger partial charge in [0.25, 0.3) is 0 Å². The Morgan fingerprint density at radius 3 is 2.28 bits per heavy atom. The Kier molecular flexibility index (Phi) is 3.78. The summed E-state index contributed by atoms with van der Waals surface area (Å²) in [5.41, 5.74) is 5.62. The largest absolute Gasteiger partial charge is 0.505 e. The fourth-order valence-electron chi connectivity index (χ4n) is 3.06. The minimum absolute atomic E-state index is 0.194. The third kappa shape index (κ3) is 2.78. The van der Waals surface area contributed by atoms with Gasteiger partial charge < -0.3 is 5.11 Å². The zero-order valence-electron chi connectivity index (χ0n) is 13.8. The van der Waals surface area contributed by atoms with Gasteiger partial charge in [-0.1, -0.05) is 59.8 Å². The Morgan fingerprint density at radius 1 is 0.840 bits per heavy atom. The highest BCUT2D eigenvalue weighted by molar-refractivity contribution is 5.87. The number of phenolic OH excluding ortho intramolecular Hbond substituents is 1. The molecule has 122 valence electrons. The molecule has 0 fully saturated rings. The van der Waals surface area contributed by atoms with E-state index in [2.05, 4.69) is 28.5 Å². The number of benzene rings is 3. The van der Waals surface area contributed by atoms with E-state index in [0.29, 0.717) is 5.69 Å². The van der Waals surface area contributed by atoms with Crippen molar-refractivity contribution < 1.29 is 5.11 Å². The molecule has 0 bridgehead atoms. The molecule has 0 radical (unpaired) electrons. The van der Waals surface area contributed by atoms with Gasteiger partial charge in [0.2, 0.25) is 0 Å². The van der Waals surface area contributed by atoms with Gasteiger partial charge in [-0.15, -0.1) is 5.10 Å². The van der Waals surface area contributed by atoms with Crippen molar-refractivity contribution in [1.82, 2.24) is 15.0 Å². The molecule has 1 heterocycles. The summed E-state index contributed by atoms with van der Waals surface area (Å²) in [5.74, 6) is 0.194. The first-order valence-corrected chi connectivity index (χ1v) is 8.09. The van der Waals surface area contributed by atoms with Crippen molar-refractivity contribution in [2.45, 2.75) is 6.92 Å². The van der Waals surface area contributed by atoms with Crippen molar-refractivity contribution >= 4 is 0 Å². The number of nitrogens with zero attached hydrogens (tertiary/aromatic N) is 3. The van der Waals surface area contributed by atoms with Gasteiger partial charge in [0, 0.05) is 5.56 Å². The van der Waals surface area contributed by atoms with E-state index in [0.717, 1.165) is 27.8 Å². The minimum Gasteiger partial charge on any atom is -0.505 e. The van der Waals surface area contributed by atoms with Gasteiger partial charge >= 0.3 is 0 Å². The molecule has 0 amide bonds. The van der Waals surface area contributed by atoms with Crippen LogP contribution in [0.5, 0.6) is 5.75 Å². The molecule has 0 aliphatic heterocycles. The van der Waals surface area contributed by atoms with Crippen LogP contribution in [0.15, 0.2) is 79.1 Å². The Morgan fingerprint density at radius 2 is 1.56 bits per heavy atom. The fraction of sp³-hybridized carbons (Fsp3) is 0.0476. The molecule has 4 rings (SSSR count). The smallest absolute Gasteiger partial charge is 0.149 e. The number of hydrogen-bond donors (Lipinski definition) is 1. The summed E-state index contributed by atoms with van der Waals surface area (Å²) in [6.45, 7) is 2.01. The second kappa shape index (κ2) is 6.24. The number of hydrogen-bond acceptors (Lipinski definition) is 3. The molecule has 0 atom stereocenters. The van der Waals surface area contributed by atoms with Gasteiger partial charge in [0.05, 0.1) is 12.4 Å². The van der Waals surface area contributed by atoms with E-state index in [9.17, 15) is 5.11 Å². The molecule has 0 saturated carbocycles. The topological polar surface area (TPSA) is 50.9 Å². The molecule has 4 aromatic rings. The summed E-state index contributed by atoms with van der Waals surface area (Å²) in [7, 11) is 0. The molecule has 4 nitrogen and oxygen atoms in total. The van der Waals surface area contributed by atoms with Gasteiger partial charge in [-0.2, -0.15) is 0 Å². The molecule has 25 heavy (non-hydrogen) atoms. The van der Waals surface area contributed by atoms with Crippen LogP contribution >= 0.6 is 0 Å². The van der Waals surface area contributed by atoms with Crippen LogP contribution in [0.4, 0.5) is 0 Å². The van der Waals surface area contributed by atoms with Crippen LogP contribution < -0.4 is 0 Å². The summed E-state index contributed by atoms with van der Waals surface area (Å²) in [6, 6.07) is 22.2. The lowest BCUT2D eigenvalue weighted by Gasteiger charge is -2.15. The highest BCUT2D eigenvalue weighted by atomic mass is 16.3. The first-order valence-electron chi connectivity index (χ1n) is 8.09. The van der Waals surface area contributed by atoms with Crippen LogP contribution in [0.1, 0.15) is 5.56 Å². The van der Waals surface area contributed by atoms with Crippen molar-refractivity contribution in [3.63, 3.8) is 0 Å². The predicted molar refractivity (Wildman–Crippen MR) is 98.6 cm³/mol. The predicted octanol–water partition coefficient (Wildman–Crippen LogP) is 4.62. The third-order valence-corrected chi connectivity index (χ3v) is 4.21. The van der Waals surface area contributed by atoms with Crippen molar-refractivity contribution in [1.29, 1.82) is 0 Å². The maximum atomic E-state index is 10.9. The Balaban J connectivity index is 1.95. The molecule has 0 spiro atoms. The second-order valence-corrected chi connectivity index (χ2v) is 5.94. The lowest BCUT2D eigenvalue weighted by Crippen LogP contribution is -1.98. The van der Waals surface area contributed by atoms with Gasteiger partial charge in [0.1, 0.15) is 11.4 Å². The van der Waals surface area contributed by atoms with Crippen LogP contribution in [-0.4, -0.2) is 20.1 Å². The average Bonchev–Trinajstić information content (AvgIpc) is 3.18. The first kappa shape index (κ1) is 15.1. The molecule has 1 aromatic heterocycles. The van der Waals surface area contributed by atoms with E-state index in [1.165, 1.54) is 0 Å². The summed E-state index contributed by atoms with van der Waals surface area (Å²) < 4.78 is 1.58. The Labute approximate surface area is 146 Å². The number of aryl methyl sites for hydroxylation is 1. The maximum absolute atomic E-state index is 10.9. The highest BCUT2D eigenvalue weighted by Gasteiger charge is 2.15. The van der Waals surface area contributed by atoms with Crippen molar-refractivity contribution in [3.05, 3.63) is 84.7 Å². The molecular formula is C21H17N3O. The highest BCUT2D eigenvalue weighted by Crippen LogP contribution is 2.40. The molecule has 0 saturated heterocycles. The first-order chi connectivity index (χ1) is 12.2. The van der Waals surface area contributed by atoms with E-state index >= 15 is 0 Å². The molecular weight excluding hydrogens is 310 g/mol. The quantitative estimate of drug-likeness (QED) is 0.597.